The number of benzene rings is 1. The molecule has 0 saturated carbocycles. The minimum atomic E-state index is -1.82. The summed E-state index contributed by atoms with van der Waals surface area (Å²) in [5.74, 6) is -2.65. The van der Waals surface area contributed by atoms with Gasteiger partial charge in [-0.1, -0.05) is 32.9 Å². The monoisotopic (exact) mass is 395 g/mol. The third-order valence-corrected chi connectivity index (χ3v) is 4.38. The number of morpholine rings is 1. The normalized spacial score (nSPS) is 20.1. The second-order valence-corrected chi connectivity index (χ2v) is 8.21. The van der Waals surface area contributed by atoms with Crippen LogP contribution in [0.25, 0.3) is 0 Å². The first-order chi connectivity index (χ1) is 12.9. The molecular formula is C21H33NO6. The molecule has 7 nitrogen and oxygen atoms in total. The minimum Gasteiger partial charge on any atom is -0.492 e. The Kier molecular flexibility index (Phi) is 8.91. The van der Waals surface area contributed by atoms with Crippen molar-refractivity contribution in [3.8, 4) is 5.75 Å². The average molecular weight is 395 g/mol. The molecule has 0 aliphatic carbocycles. The lowest BCUT2D eigenvalue weighted by atomic mass is 9.86. The van der Waals surface area contributed by atoms with Crippen LogP contribution in [0.15, 0.2) is 18.2 Å². The van der Waals surface area contributed by atoms with Crippen LogP contribution in [-0.2, 0) is 19.7 Å². The van der Waals surface area contributed by atoms with Crippen molar-refractivity contribution in [3.63, 3.8) is 0 Å². The molecule has 0 aromatic heterocycles. The van der Waals surface area contributed by atoms with E-state index in [1.165, 1.54) is 11.1 Å². The van der Waals surface area contributed by atoms with Gasteiger partial charge in [-0.25, -0.2) is 9.59 Å². The molecule has 1 fully saturated rings. The fourth-order valence-electron chi connectivity index (χ4n) is 3.03. The van der Waals surface area contributed by atoms with Gasteiger partial charge in [0.25, 0.3) is 0 Å². The fraction of sp³-hybridized carbons (Fsp3) is 0.619. The molecule has 28 heavy (non-hydrogen) atoms. The molecule has 158 valence electrons. The van der Waals surface area contributed by atoms with Crippen molar-refractivity contribution >= 4 is 11.9 Å². The van der Waals surface area contributed by atoms with Crippen LogP contribution in [0.2, 0.25) is 0 Å². The van der Waals surface area contributed by atoms with E-state index in [4.69, 9.17) is 29.3 Å². The number of rotatable bonds is 4. The molecule has 0 bridgehead atoms. The molecule has 2 unspecified atom stereocenters. The van der Waals surface area contributed by atoms with Gasteiger partial charge in [-0.3, -0.25) is 4.90 Å². The number of nitrogens with zero attached hydrogens (tertiary/aromatic N) is 1. The molecule has 1 heterocycles. The van der Waals surface area contributed by atoms with Gasteiger partial charge in [0.1, 0.15) is 12.4 Å². The van der Waals surface area contributed by atoms with Gasteiger partial charge in [0.2, 0.25) is 0 Å². The summed E-state index contributed by atoms with van der Waals surface area (Å²) in [4.78, 5) is 20.6. The summed E-state index contributed by atoms with van der Waals surface area (Å²) in [6.07, 6.45) is 0.633. The van der Waals surface area contributed by atoms with Crippen LogP contribution in [0.3, 0.4) is 0 Å². The van der Waals surface area contributed by atoms with E-state index < -0.39 is 11.9 Å². The predicted octanol–water partition coefficient (Wildman–Crippen LogP) is 2.94. The largest absolute Gasteiger partial charge is 0.492 e. The summed E-state index contributed by atoms with van der Waals surface area (Å²) in [7, 11) is 0. The highest BCUT2D eigenvalue weighted by atomic mass is 16.5. The molecule has 1 saturated heterocycles. The Balaban J connectivity index is 0.000000568. The topological polar surface area (TPSA) is 96.3 Å². The van der Waals surface area contributed by atoms with Crippen molar-refractivity contribution in [2.75, 3.05) is 26.2 Å². The van der Waals surface area contributed by atoms with Crippen molar-refractivity contribution in [1.82, 2.24) is 4.90 Å². The van der Waals surface area contributed by atoms with Crippen molar-refractivity contribution in [1.29, 1.82) is 0 Å². The van der Waals surface area contributed by atoms with E-state index in [1.807, 2.05) is 0 Å². The van der Waals surface area contributed by atoms with Gasteiger partial charge in [-0.2, -0.15) is 0 Å². The van der Waals surface area contributed by atoms with Crippen LogP contribution >= 0.6 is 0 Å². The Morgan fingerprint density at radius 3 is 2.11 bits per heavy atom. The molecule has 1 aromatic carbocycles. The third kappa shape index (κ3) is 8.27. The number of aryl methyl sites for hydroxylation is 1. The number of aliphatic carboxylic acids is 2. The van der Waals surface area contributed by atoms with Crippen molar-refractivity contribution < 1.29 is 29.3 Å². The molecule has 2 rings (SSSR count). The Hall–Kier alpha value is -2.12. The Morgan fingerprint density at radius 2 is 1.68 bits per heavy atom. The summed E-state index contributed by atoms with van der Waals surface area (Å²) in [5, 5.41) is 14.8. The molecule has 0 spiro atoms. The summed E-state index contributed by atoms with van der Waals surface area (Å²) >= 11 is 0. The molecular weight excluding hydrogens is 362 g/mol. The first-order valence-electron chi connectivity index (χ1n) is 9.48. The van der Waals surface area contributed by atoms with E-state index in [0.717, 1.165) is 32.0 Å². The van der Waals surface area contributed by atoms with E-state index in [2.05, 4.69) is 64.6 Å². The van der Waals surface area contributed by atoms with Gasteiger partial charge in [-0.05, 0) is 43.4 Å². The van der Waals surface area contributed by atoms with Gasteiger partial charge in [0.05, 0.1) is 12.2 Å². The summed E-state index contributed by atoms with van der Waals surface area (Å²) in [6, 6.07) is 6.54. The van der Waals surface area contributed by atoms with Gasteiger partial charge in [0.15, 0.2) is 0 Å². The standard InChI is InChI=1S/C19H31NO2.C2H2O4/c1-14-11-17(19(4,5)6)7-8-18(14)21-10-9-20-12-15(2)22-16(3)13-20;3-1(4)2(5)6/h7-8,11,15-16H,9-10,12-13H2,1-6H3;(H,3,4)(H,5,6). The van der Waals surface area contributed by atoms with E-state index in [0.29, 0.717) is 12.2 Å². The maximum Gasteiger partial charge on any atom is 0.414 e. The lowest BCUT2D eigenvalue weighted by Gasteiger charge is -2.35. The second kappa shape index (κ2) is 10.4. The SMILES string of the molecule is Cc1cc(C(C)(C)C)ccc1OCCN1CC(C)OC(C)C1.O=C(O)C(=O)O. The number of carboxylic acids is 2. The zero-order valence-electron chi connectivity index (χ0n) is 17.7. The van der Waals surface area contributed by atoms with Crippen LogP contribution < -0.4 is 4.74 Å². The first-order valence-corrected chi connectivity index (χ1v) is 9.48. The quantitative estimate of drug-likeness (QED) is 0.757. The van der Waals surface area contributed by atoms with Crippen molar-refractivity contribution in [2.45, 2.75) is 59.2 Å². The Labute approximate surface area is 167 Å². The zero-order valence-corrected chi connectivity index (χ0v) is 17.7. The molecule has 2 N–H and O–H groups in total. The van der Waals surface area contributed by atoms with Crippen LogP contribution in [0.4, 0.5) is 0 Å². The fourth-order valence-corrected chi connectivity index (χ4v) is 3.03. The smallest absolute Gasteiger partial charge is 0.414 e. The maximum atomic E-state index is 9.10. The Bertz CT molecular complexity index is 645. The van der Waals surface area contributed by atoms with E-state index in [-0.39, 0.29) is 5.41 Å². The zero-order chi connectivity index (χ0) is 21.5. The highest BCUT2D eigenvalue weighted by molar-refractivity contribution is 6.27. The molecule has 1 aliphatic rings. The lowest BCUT2D eigenvalue weighted by molar-refractivity contribution is -0.159. The molecule has 0 radical (unpaired) electrons. The molecule has 0 amide bonds. The summed E-state index contributed by atoms with van der Waals surface area (Å²) < 4.78 is 11.8. The van der Waals surface area contributed by atoms with Gasteiger partial charge >= 0.3 is 11.9 Å². The van der Waals surface area contributed by atoms with Crippen LogP contribution in [0.5, 0.6) is 5.75 Å². The first kappa shape index (κ1) is 23.9. The van der Waals surface area contributed by atoms with Gasteiger partial charge < -0.3 is 19.7 Å². The molecule has 1 aliphatic heterocycles. The van der Waals surface area contributed by atoms with Crippen LogP contribution in [0, 0.1) is 6.92 Å². The predicted molar refractivity (Wildman–Crippen MR) is 107 cm³/mol. The summed E-state index contributed by atoms with van der Waals surface area (Å²) in [5.41, 5.74) is 2.76. The van der Waals surface area contributed by atoms with Gasteiger partial charge in [0, 0.05) is 19.6 Å². The number of hydrogen-bond acceptors (Lipinski definition) is 5. The number of hydrogen-bond donors (Lipinski definition) is 2. The molecule has 1 aromatic rings. The van der Waals surface area contributed by atoms with Crippen molar-refractivity contribution in [2.24, 2.45) is 0 Å². The van der Waals surface area contributed by atoms with E-state index >= 15 is 0 Å². The van der Waals surface area contributed by atoms with E-state index in [1.54, 1.807) is 0 Å². The molecule has 2 atom stereocenters. The Morgan fingerprint density at radius 1 is 1.14 bits per heavy atom. The second-order valence-electron chi connectivity index (χ2n) is 8.21. The number of carbonyl (C=O) groups is 2. The summed E-state index contributed by atoms with van der Waals surface area (Å²) in [6.45, 7) is 16.8. The number of carboxylic acid groups (broad SMARTS) is 2. The highest BCUT2D eigenvalue weighted by Gasteiger charge is 2.22. The van der Waals surface area contributed by atoms with Crippen LogP contribution in [-0.4, -0.2) is 65.5 Å². The van der Waals surface area contributed by atoms with E-state index in [9.17, 15) is 0 Å². The van der Waals surface area contributed by atoms with Gasteiger partial charge in [-0.15, -0.1) is 0 Å². The van der Waals surface area contributed by atoms with Crippen LogP contribution in [0.1, 0.15) is 45.7 Å². The van der Waals surface area contributed by atoms with Crippen molar-refractivity contribution in [3.05, 3.63) is 29.3 Å². The minimum absolute atomic E-state index is 0.184. The maximum absolute atomic E-state index is 9.10. The number of ether oxygens (including phenoxy) is 2. The third-order valence-electron chi connectivity index (χ3n) is 4.38. The lowest BCUT2D eigenvalue weighted by Crippen LogP contribution is -2.46. The highest BCUT2D eigenvalue weighted by Crippen LogP contribution is 2.27. The molecule has 7 heteroatoms. The average Bonchev–Trinajstić information content (AvgIpc) is 2.55.